The van der Waals surface area contributed by atoms with Crippen molar-refractivity contribution in [1.82, 2.24) is 14.6 Å². The van der Waals surface area contributed by atoms with Crippen LogP contribution in [0.5, 0.6) is 0 Å². The SMILES string of the molecule is Fc1cnc2c(c1)C(c1ccn3nccc3c1)=CC2.[HH]. The molecule has 0 saturated heterocycles. The van der Waals surface area contributed by atoms with E-state index in [1.165, 1.54) is 6.20 Å². The summed E-state index contributed by atoms with van der Waals surface area (Å²) in [6.45, 7) is 0. The van der Waals surface area contributed by atoms with Gasteiger partial charge in [0.25, 0.3) is 0 Å². The first kappa shape index (κ1) is 10.4. The van der Waals surface area contributed by atoms with E-state index in [0.29, 0.717) is 0 Å². The quantitative estimate of drug-likeness (QED) is 0.667. The van der Waals surface area contributed by atoms with Gasteiger partial charge in [-0.15, -0.1) is 0 Å². The maximum Gasteiger partial charge on any atom is 0.142 e. The third-order valence-electron chi connectivity index (χ3n) is 3.44. The molecular weight excluding hydrogens is 241 g/mol. The van der Waals surface area contributed by atoms with Gasteiger partial charge in [-0.1, -0.05) is 6.08 Å². The minimum absolute atomic E-state index is 0. The van der Waals surface area contributed by atoms with Crippen molar-refractivity contribution in [3.8, 4) is 0 Å². The van der Waals surface area contributed by atoms with Crippen molar-refractivity contribution in [3.05, 3.63) is 71.6 Å². The average molecular weight is 253 g/mol. The second-order valence-corrected chi connectivity index (χ2v) is 4.59. The molecule has 0 radical (unpaired) electrons. The molecule has 4 heteroatoms. The van der Waals surface area contributed by atoms with Crippen LogP contribution in [-0.4, -0.2) is 14.6 Å². The highest BCUT2D eigenvalue weighted by Gasteiger charge is 2.17. The van der Waals surface area contributed by atoms with Gasteiger partial charge in [-0.3, -0.25) is 4.98 Å². The number of fused-ring (bicyclic) bond motifs is 2. The highest BCUT2D eigenvalue weighted by Crippen LogP contribution is 2.32. The highest BCUT2D eigenvalue weighted by molar-refractivity contribution is 5.85. The molecule has 3 heterocycles. The van der Waals surface area contributed by atoms with Gasteiger partial charge in [0.2, 0.25) is 0 Å². The molecule has 0 aromatic carbocycles. The molecule has 1 aliphatic rings. The number of rotatable bonds is 1. The predicted molar refractivity (Wildman–Crippen MR) is 72.3 cm³/mol. The van der Waals surface area contributed by atoms with Crippen LogP contribution in [-0.2, 0) is 6.42 Å². The van der Waals surface area contributed by atoms with Crippen molar-refractivity contribution >= 4 is 11.1 Å². The fraction of sp³-hybridized carbons (Fsp3) is 0.0667. The zero-order chi connectivity index (χ0) is 12.8. The number of hydrogen-bond acceptors (Lipinski definition) is 2. The highest BCUT2D eigenvalue weighted by atomic mass is 19.1. The second-order valence-electron chi connectivity index (χ2n) is 4.59. The molecule has 0 saturated carbocycles. The third kappa shape index (κ3) is 1.57. The van der Waals surface area contributed by atoms with E-state index in [0.717, 1.165) is 34.3 Å². The summed E-state index contributed by atoms with van der Waals surface area (Å²) < 4.78 is 15.2. The fourth-order valence-electron chi connectivity index (χ4n) is 2.53. The van der Waals surface area contributed by atoms with Gasteiger partial charge in [0.1, 0.15) is 5.82 Å². The molecule has 3 nitrogen and oxygen atoms in total. The summed E-state index contributed by atoms with van der Waals surface area (Å²) in [5.41, 5.74) is 4.97. The van der Waals surface area contributed by atoms with Crippen LogP contribution in [0.4, 0.5) is 4.39 Å². The molecule has 1 aliphatic carbocycles. The molecule has 0 aliphatic heterocycles. The van der Waals surface area contributed by atoms with Crippen LogP contribution in [0, 0.1) is 5.82 Å². The Labute approximate surface area is 110 Å². The number of hydrogen-bond donors (Lipinski definition) is 0. The van der Waals surface area contributed by atoms with E-state index in [2.05, 4.69) is 22.2 Å². The zero-order valence-corrected chi connectivity index (χ0v) is 10.0. The topological polar surface area (TPSA) is 30.2 Å². The van der Waals surface area contributed by atoms with Gasteiger partial charge in [-0.25, -0.2) is 8.91 Å². The van der Waals surface area contributed by atoms with Crippen molar-refractivity contribution in [3.63, 3.8) is 0 Å². The van der Waals surface area contributed by atoms with Gasteiger partial charge < -0.3 is 0 Å². The summed E-state index contributed by atoms with van der Waals surface area (Å²) in [6, 6.07) is 7.55. The van der Waals surface area contributed by atoms with E-state index in [1.807, 2.05) is 22.8 Å². The molecule has 0 bridgehead atoms. The number of aromatic nitrogens is 3. The summed E-state index contributed by atoms with van der Waals surface area (Å²) in [5.74, 6) is -0.294. The van der Waals surface area contributed by atoms with Crippen molar-refractivity contribution in [2.24, 2.45) is 0 Å². The van der Waals surface area contributed by atoms with Crippen LogP contribution in [0.15, 0.2) is 48.9 Å². The maximum atomic E-state index is 13.4. The van der Waals surface area contributed by atoms with Crippen molar-refractivity contribution in [1.29, 1.82) is 0 Å². The molecule has 0 spiro atoms. The first-order valence-corrected chi connectivity index (χ1v) is 6.10. The van der Waals surface area contributed by atoms with Gasteiger partial charge in [-0.2, -0.15) is 5.10 Å². The van der Waals surface area contributed by atoms with E-state index < -0.39 is 0 Å². The van der Waals surface area contributed by atoms with Crippen LogP contribution in [0.2, 0.25) is 0 Å². The van der Waals surface area contributed by atoms with Crippen LogP contribution in [0.3, 0.4) is 0 Å². The molecule has 19 heavy (non-hydrogen) atoms. The summed E-state index contributed by atoms with van der Waals surface area (Å²) in [5, 5.41) is 4.17. The minimum Gasteiger partial charge on any atom is -0.257 e. The van der Waals surface area contributed by atoms with E-state index >= 15 is 0 Å². The van der Waals surface area contributed by atoms with Crippen molar-refractivity contribution < 1.29 is 5.82 Å². The Bertz CT molecular complexity index is 823. The summed E-state index contributed by atoms with van der Waals surface area (Å²) in [6.07, 6.45) is 7.80. The maximum absolute atomic E-state index is 13.4. The molecule has 0 amide bonds. The number of allylic oxidation sites excluding steroid dienone is 1. The molecule has 4 rings (SSSR count). The van der Waals surface area contributed by atoms with Crippen LogP contribution in [0.1, 0.15) is 18.2 Å². The van der Waals surface area contributed by atoms with Crippen LogP contribution < -0.4 is 0 Å². The Hall–Kier alpha value is -2.49. The summed E-state index contributed by atoms with van der Waals surface area (Å²) in [4.78, 5) is 4.14. The third-order valence-corrected chi connectivity index (χ3v) is 3.44. The lowest BCUT2D eigenvalue weighted by molar-refractivity contribution is 0.619. The van der Waals surface area contributed by atoms with E-state index in [1.54, 1.807) is 12.3 Å². The monoisotopic (exact) mass is 253 g/mol. The van der Waals surface area contributed by atoms with E-state index in [4.69, 9.17) is 0 Å². The molecule has 0 atom stereocenters. The second kappa shape index (κ2) is 3.75. The molecule has 3 aromatic rings. The Morgan fingerprint density at radius 1 is 1.26 bits per heavy atom. The lowest BCUT2D eigenvalue weighted by Gasteiger charge is -2.06. The molecule has 0 N–H and O–H groups in total. The van der Waals surface area contributed by atoms with Crippen molar-refractivity contribution in [2.45, 2.75) is 6.42 Å². The summed E-state index contributed by atoms with van der Waals surface area (Å²) in [7, 11) is 0. The standard InChI is InChI=1S/C15H10FN3.H2/c16-11-8-14-13(1-2-15(14)17-9-11)10-4-6-19-12(7-10)3-5-18-19;/h1,3-9H,2H2;1H. The van der Waals surface area contributed by atoms with Gasteiger partial charge in [0.05, 0.1) is 17.4 Å². The van der Waals surface area contributed by atoms with E-state index in [9.17, 15) is 4.39 Å². The molecule has 94 valence electrons. The Morgan fingerprint density at radius 3 is 3.16 bits per heavy atom. The largest absolute Gasteiger partial charge is 0.257 e. The normalized spacial score (nSPS) is 13.6. The van der Waals surface area contributed by atoms with Gasteiger partial charge in [0.15, 0.2) is 0 Å². The van der Waals surface area contributed by atoms with E-state index in [-0.39, 0.29) is 7.24 Å². The Morgan fingerprint density at radius 2 is 2.21 bits per heavy atom. The first-order valence-electron chi connectivity index (χ1n) is 6.10. The van der Waals surface area contributed by atoms with Crippen LogP contribution >= 0.6 is 0 Å². The molecule has 0 fully saturated rings. The Kier molecular flexibility index (Phi) is 2.06. The number of nitrogens with zero attached hydrogens (tertiary/aromatic N) is 3. The van der Waals surface area contributed by atoms with Gasteiger partial charge in [-0.05, 0) is 35.4 Å². The average Bonchev–Trinajstić information content (AvgIpc) is 3.03. The lowest BCUT2D eigenvalue weighted by atomic mass is 10.0. The first-order chi connectivity index (χ1) is 9.31. The molecule has 0 unspecified atom stereocenters. The zero-order valence-electron chi connectivity index (χ0n) is 10.0. The smallest absolute Gasteiger partial charge is 0.142 e. The van der Waals surface area contributed by atoms with Crippen LogP contribution in [0.25, 0.3) is 11.1 Å². The Balaban J connectivity index is 0.00000121. The molecular formula is C15H12FN3. The predicted octanol–water partition coefficient (Wildman–Crippen LogP) is 3.10. The minimum atomic E-state index is -0.294. The summed E-state index contributed by atoms with van der Waals surface area (Å²) >= 11 is 0. The van der Waals surface area contributed by atoms with Gasteiger partial charge in [0, 0.05) is 25.8 Å². The fourth-order valence-corrected chi connectivity index (χ4v) is 2.53. The lowest BCUT2D eigenvalue weighted by Crippen LogP contribution is -1.93. The number of pyridine rings is 2. The number of halogens is 1. The van der Waals surface area contributed by atoms with Crippen molar-refractivity contribution in [2.75, 3.05) is 0 Å². The molecule has 3 aromatic heterocycles. The van der Waals surface area contributed by atoms with Gasteiger partial charge >= 0.3 is 0 Å².